The number of rotatable bonds is 2. The minimum atomic E-state index is -0.619. The first-order valence-electron chi connectivity index (χ1n) is 8.52. The van der Waals surface area contributed by atoms with Gasteiger partial charge in [-0.2, -0.15) is 0 Å². The third kappa shape index (κ3) is 2.92. The average Bonchev–Trinajstić information content (AvgIpc) is 2.89. The predicted molar refractivity (Wildman–Crippen MR) is 96.7 cm³/mol. The standard InChI is InChI=1S/C19H19N3O5/c1-19(2)8-26-18(27-9-19)10-4-3-5-11(6-10)22-13(23)7-12-14(15(22)20)17(25)21-16(12)24/h3-7,18H,8-9,20H2,1-2H3,(H,21,24,25). The molecule has 2 amide bonds. The Balaban J connectivity index is 1.76. The van der Waals surface area contributed by atoms with Gasteiger partial charge in [-0.3, -0.25) is 24.3 Å². The minimum Gasteiger partial charge on any atom is -0.384 e. The highest BCUT2D eigenvalue weighted by molar-refractivity contribution is 6.23. The third-order valence-electron chi connectivity index (χ3n) is 4.60. The van der Waals surface area contributed by atoms with Crippen molar-refractivity contribution in [3.8, 4) is 5.69 Å². The van der Waals surface area contributed by atoms with Gasteiger partial charge in [-0.1, -0.05) is 26.0 Å². The Labute approximate surface area is 154 Å². The van der Waals surface area contributed by atoms with Crippen LogP contribution in [-0.4, -0.2) is 29.6 Å². The van der Waals surface area contributed by atoms with Gasteiger partial charge in [-0.15, -0.1) is 0 Å². The quantitative estimate of drug-likeness (QED) is 0.773. The maximum atomic E-state index is 12.6. The summed E-state index contributed by atoms with van der Waals surface area (Å²) in [4.78, 5) is 36.3. The zero-order valence-electron chi connectivity index (χ0n) is 14.9. The summed E-state index contributed by atoms with van der Waals surface area (Å²) in [5.41, 5.74) is 6.71. The van der Waals surface area contributed by atoms with E-state index in [2.05, 4.69) is 19.2 Å². The number of hydrogen-bond donors (Lipinski definition) is 2. The summed E-state index contributed by atoms with van der Waals surface area (Å²) >= 11 is 0. The molecule has 1 aromatic heterocycles. The molecule has 4 rings (SSSR count). The molecule has 140 valence electrons. The van der Waals surface area contributed by atoms with E-state index in [4.69, 9.17) is 15.2 Å². The van der Waals surface area contributed by atoms with Crippen molar-refractivity contribution in [3.63, 3.8) is 0 Å². The molecule has 2 aliphatic rings. The number of nitrogen functional groups attached to an aromatic ring is 1. The number of nitrogens with two attached hydrogens (primary N) is 1. The predicted octanol–water partition coefficient (Wildman–Crippen LogP) is 1.37. The van der Waals surface area contributed by atoms with Crippen molar-refractivity contribution < 1.29 is 19.1 Å². The number of nitrogens with zero attached hydrogens (tertiary/aromatic N) is 1. The van der Waals surface area contributed by atoms with Gasteiger partial charge in [0.15, 0.2) is 6.29 Å². The summed E-state index contributed by atoms with van der Waals surface area (Å²) in [7, 11) is 0. The lowest BCUT2D eigenvalue weighted by molar-refractivity contribution is -0.226. The number of anilines is 1. The summed E-state index contributed by atoms with van der Waals surface area (Å²) in [5, 5.41) is 2.15. The number of nitrogens with one attached hydrogen (secondary N) is 1. The molecule has 2 aromatic rings. The normalized spacial score (nSPS) is 19.0. The van der Waals surface area contributed by atoms with Crippen molar-refractivity contribution in [3.05, 3.63) is 57.4 Å². The zero-order chi connectivity index (χ0) is 19.3. The first-order chi connectivity index (χ1) is 12.8. The topological polar surface area (TPSA) is 113 Å². The number of fused-ring (bicyclic) bond motifs is 1. The maximum Gasteiger partial charge on any atom is 0.262 e. The van der Waals surface area contributed by atoms with Crippen molar-refractivity contribution in [2.75, 3.05) is 18.9 Å². The first kappa shape index (κ1) is 17.4. The molecule has 8 heteroatoms. The number of pyridine rings is 1. The molecule has 27 heavy (non-hydrogen) atoms. The smallest absolute Gasteiger partial charge is 0.262 e. The van der Waals surface area contributed by atoms with Gasteiger partial charge in [0.2, 0.25) is 0 Å². The highest BCUT2D eigenvalue weighted by Crippen LogP contribution is 2.32. The van der Waals surface area contributed by atoms with Crippen LogP contribution in [0.2, 0.25) is 0 Å². The Kier molecular flexibility index (Phi) is 3.90. The number of hydrogen-bond acceptors (Lipinski definition) is 6. The van der Waals surface area contributed by atoms with Crippen LogP contribution >= 0.6 is 0 Å². The summed E-state index contributed by atoms with van der Waals surface area (Å²) in [5.74, 6) is -1.31. The van der Waals surface area contributed by atoms with Gasteiger partial charge in [0.25, 0.3) is 17.4 Å². The Morgan fingerprint density at radius 2 is 1.81 bits per heavy atom. The molecule has 3 N–H and O–H groups in total. The van der Waals surface area contributed by atoms with Gasteiger partial charge < -0.3 is 15.2 Å². The van der Waals surface area contributed by atoms with E-state index < -0.39 is 23.7 Å². The Morgan fingerprint density at radius 1 is 1.11 bits per heavy atom. The molecule has 3 heterocycles. The lowest BCUT2D eigenvalue weighted by Gasteiger charge is -2.34. The SMILES string of the molecule is CC1(C)COC(c2cccc(-n3c(N)c4c(cc3=O)C(=O)NC4=O)c2)OC1. The van der Waals surface area contributed by atoms with Crippen LogP contribution in [0.5, 0.6) is 0 Å². The summed E-state index contributed by atoms with van der Waals surface area (Å²) in [6.07, 6.45) is -0.547. The fourth-order valence-electron chi connectivity index (χ4n) is 3.24. The Bertz CT molecular complexity index is 1010. The molecule has 0 atom stereocenters. The highest BCUT2D eigenvalue weighted by atomic mass is 16.7. The van der Waals surface area contributed by atoms with Gasteiger partial charge in [0, 0.05) is 17.0 Å². The Hall–Kier alpha value is -2.97. The molecule has 0 spiro atoms. The van der Waals surface area contributed by atoms with Crippen molar-refractivity contribution in [1.82, 2.24) is 9.88 Å². The summed E-state index contributed by atoms with van der Waals surface area (Å²) in [6.45, 7) is 5.20. The fourth-order valence-corrected chi connectivity index (χ4v) is 3.24. The second-order valence-corrected chi connectivity index (χ2v) is 7.49. The number of amides is 2. The average molecular weight is 369 g/mol. The van der Waals surface area contributed by atoms with Crippen LogP contribution < -0.4 is 16.6 Å². The van der Waals surface area contributed by atoms with Crippen LogP contribution in [0.15, 0.2) is 35.1 Å². The van der Waals surface area contributed by atoms with E-state index >= 15 is 0 Å². The summed E-state index contributed by atoms with van der Waals surface area (Å²) < 4.78 is 12.8. The third-order valence-corrected chi connectivity index (χ3v) is 4.60. The molecule has 0 bridgehead atoms. The molecular weight excluding hydrogens is 350 g/mol. The van der Waals surface area contributed by atoms with E-state index in [1.807, 2.05) is 6.07 Å². The maximum absolute atomic E-state index is 12.6. The molecule has 0 saturated carbocycles. The first-order valence-corrected chi connectivity index (χ1v) is 8.52. The number of benzene rings is 1. The van der Waals surface area contributed by atoms with Crippen LogP contribution in [0.4, 0.5) is 5.82 Å². The van der Waals surface area contributed by atoms with E-state index in [0.717, 1.165) is 11.6 Å². The van der Waals surface area contributed by atoms with Crippen molar-refractivity contribution in [2.45, 2.75) is 20.1 Å². The summed E-state index contributed by atoms with van der Waals surface area (Å²) in [6, 6.07) is 8.12. The second-order valence-electron chi connectivity index (χ2n) is 7.49. The van der Waals surface area contributed by atoms with Gasteiger partial charge >= 0.3 is 0 Å². The number of carbonyl (C=O) groups is 2. The number of imide groups is 1. The molecule has 1 saturated heterocycles. The van der Waals surface area contributed by atoms with E-state index in [-0.39, 0.29) is 22.4 Å². The fraction of sp³-hybridized carbons (Fsp3) is 0.316. The van der Waals surface area contributed by atoms with Crippen LogP contribution in [0, 0.1) is 5.41 Å². The van der Waals surface area contributed by atoms with E-state index in [1.165, 1.54) is 4.57 Å². The molecule has 0 aliphatic carbocycles. The number of ether oxygens (including phenoxy) is 2. The number of carbonyl (C=O) groups excluding carboxylic acids is 2. The van der Waals surface area contributed by atoms with Crippen molar-refractivity contribution in [1.29, 1.82) is 0 Å². The highest BCUT2D eigenvalue weighted by Gasteiger charge is 2.32. The molecule has 8 nitrogen and oxygen atoms in total. The minimum absolute atomic E-state index is 0.00363. The van der Waals surface area contributed by atoms with E-state index in [9.17, 15) is 14.4 Å². The van der Waals surface area contributed by atoms with Gasteiger partial charge in [-0.05, 0) is 12.1 Å². The number of aromatic nitrogens is 1. The van der Waals surface area contributed by atoms with E-state index in [1.54, 1.807) is 18.2 Å². The van der Waals surface area contributed by atoms with Gasteiger partial charge in [0.1, 0.15) is 5.82 Å². The largest absolute Gasteiger partial charge is 0.384 e. The van der Waals surface area contributed by atoms with Crippen LogP contribution in [-0.2, 0) is 9.47 Å². The van der Waals surface area contributed by atoms with Gasteiger partial charge in [0.05, 0.1) is 30.0 Å². The van der Waals surface area contributed by atoms with Crippen LogP contribution in [0.25, 0.3) is 5.69 Å². The monoisotopic (exact) mass is 369 g/mol. The van der Waals surface area contributed by atoms with E-state index in [0.29, 0.717) is 18.9 Å². The molecule has 1 aromatic carbocycles. The Morgan fingerprint density at radius 3 is 2.52 bits per heavy atom. The molecule has 2 aliphatic heterocycles. The zero-order valence-corrected chi connectivity index (χ0v) is 14.9. The molecular formula is C19H19N3O5. The van der Waals surface area contributed by atoms with Crippen LogP contribution in [0.1, 0.15) is 46.4 Å². The lowest BCUT2D eigenvalue weighted by atomic mass is 9.95. The van der Waals surface area contributed by atoms with Crippen molar-refractivity contribution >= 4 is 17.6 Å². The van der Waals surface area contributed by atoms with Crippen molar-refractivity contribution in [2.24, 2.45) is 5.41 Å². The molecule has 1 fully saturated rings. The second kappa shape index (κ2) is 6.04. The lowest BCUT2D eigenvalue weighted by Crippen LogP contribution is -2.33. The molecule has 0 unspecified atom stereocenters. The van der Waals surface area contributed by atoms with Gasteiger partial charge in [-0.25, -0.2) is 0 Å². The molecule has 0 radical (unpaired) electrons. The van der Waals surface area contributed by atoms with Crippen LogP contribution in [0.3, 0.4) is 0 Å².